The van der Waals surface area contributed by atoms with Crippen LogP contribution in [0.25, 0.3) is 0 Å². The minimum absolute atomic E-state index is 0.560. The summed E-state index contributed by atoms with van der Waals surface area (Å²) in [5, 5.41) is -1.62. The van der Waals surface area contributed by atoms with Crippen molar-refractivity contribution in [1.29, 1.82) is 0 Å². The van der Waals surface area contributed by atoms with Crippen molar-refractivity contribution < 1.29 is 17.2 Å². The van der Waals surface area contributed by atoms with Crippen molar-refractivity contribution in [3.8, 4) is 0 Å². The lowest BCUT2D eigenvalue weighted by Crippen LogP contribution is -1.99. The zero-order chi connectivity index (χ0) is 11.1. The lowest BCUT2D eigenvalue weighted by molar-refractivity contribution is 0.560. The van der Waals surface area contributed by atoms with E-state index in [0.29, 0.717) is 6.07 Å². The molecule has 2 nitrogen and oxygen atoms in total. The lowest BCUT2D eigenvalue weighted by atomic mass is 10.3. The lowest BCUT2D eigenvalue weighted by Gasteiger charge is -2.04. The molecular formula is C6HCl3F2O2S. The van der Waals surface area contributed by atoms with Crippen molar-refractivity contribution in [1.82, 2.24) is 0 Å². The van der Waals surface area contributed by atoms with E-state index in [1.807, 2.05) is 0 Å². The Morgan fingerprint density at radius 3 is 2.14 bits per heavy atom. The van der Waals surface area contributed by atoms with E-state index in [0.717, 1.165) is 0 Å². The maximum absolute atomic E-state index is 13.1. The van der Waals surface area contributed by atoms with Crippen LogP contribution >= 0.6 is 33.9 Å². The molecule has 1 aromatic rings. The van der Waals surface area contributed by atoms with Gasteiger partial charge in [-0.25, -0.2) is 17.2 Å². The van der Waals surface area contributed by atoms with Crippen LogP contribution in [0.1, 0.15) is 0 Å². The Hall–Kier alpha value is -0.100. The quantitative estimate of drug-likeness (QED) is 0.585. The summed E-state index contributed by atoms with van der Waals surface area (Å²) in [6.07, 6.45) is 0. The predicted octanol–water partition coefficient (Wildman–Crippen LogP) is 3.20. The van der Waals surface area contributed by atoms with Crippen molar-refractivity contribution in [3.63, 3.8) is 0 Å². The second kappa shape index (κ2) is 3.81. The molecule has 1 aromatic carbocycles. The summed E-state index contributed by atoms with van der Waals surface area (Å²) >= 11 is 10.4. The Kier molecular flexibility index (Phi) is 3.26. The molecule has 0 saturated heterocycles. The van der Waals surface area contributed by atoms with E-state index in [1.54, 1.807) is 0 Å². The number of hydrogen-bond acceptors (Lipinski definition) is 2. The molecule has 0 fully saturated rings. The summed E-state index contributed by atoms with van der Waals surface area (Å²) in [6, 6.07) is 0.560. The van der Waals surface area contributed by atoms with Crippen LogP contribution in [-0.2, 0) is 9.05 Å². The largest absolute Gasteiger partial charge is 0.265 e. The van der Waals surface area contributed by atoms with Gasteiger partial charge < -0.3 is 0 Å². The van der Waals surface area contributed by atoms with Crippen molar-refractivity contribution in [2.45, 2.75) is 4.90 Å². The second-order valence-corrected chi connectivity index (χ2v) is 5.52. The van der Waals surface area contributed by atoms with Crippen molar-refractivity contribution in [2.75, 3.05) is 0 Å². The van der Waals surface area contributed by atoms with E-state index in [1.165, 1.54) is 0 Å². The van der Waals surface area contributed by atoms with Crippen molar-refractivity contribution in [3.05, 3.63) is 27.7 Å². The number of hydrogen-bond donors (Lipinski definition) is 0. The molecule has 0 bridgehead atoms. The first kappa shape index (κ1) is 12.0. The van der Waals surface area contributed by atoms with Gasteiger partial charge in [0.25, 0.3) is 9.05 Å². The Morgan fingerprint density at radius 2 is 1.71 bits per heavy atom. The normalized spacial score (nSPS) is 11.8. The van der Waals surface area contributed by atoms with Gasteiger partial charge in [0.1, 0.15) is 10.7 Å². The Bertz CT molecular complexity index is 460. The molecule has 78 valence electrons. The first-order valence-corrected chi connectivity index (χ1v) is 6.09. The zero-order valence-electron chi connectivity index (χ0n) is 6.19. The minimum atomic E-state index is -4.47. The molecule has 8 heteroatoms. The van der Waals surface area contributed by atoms with Crippen LogP contribution in [0.4, 0.5) is 8.78 Å². The molecule has 0 amide bonds. The topological polar surface area (TPSA) is 34.1 Å². The van der Waals surface area contributed by atoms with Crippen LogP contribution in [0.2, 0.25) is 10.0 Å². The monoisotopic (exact) mass is 280 g/mol. The average Bonchev–Trinajstić information content (AvgIpc) is 1.98. The maximum atomic E-state index is 13.1. The molecule has 0 aliphatic heterocycles. The van der Waals surface area contributed by atoms with Gasteiger partial charge in [0.15, 0.2) is 5.82 Å². The fourth-order valence-corrected chi connectivity index (χ4v) is 2.64. The predicted molar refractivity (Wildman–Crippen MR) is 49.4 cm³/mol. The summed E-state index contributed by atoms with van der Waals surface area (Å²) in [6.45, 7) is 0. The van der Waals surface area contributed by atoms with Gasteiger partial charge in [0.2, 0.25) is 0 Å². The summed E-state index contributed by atoms with van der Waals surface area (Å²) in [4.78, 5) is -1.15. The number of rotatable bonds is 1. The zero-order valence-corrected chi connectivity index (χ0v) is 9.28. The van der Waals surface area contributed by atoms with E-state index in [9.17, 15) is 17.2 Å². The van der Waals surface area contributed by atoms with Crippen LogP contribution in [0.3, 0.4) is 0 Å². The van der Waals surface area contributed by atoms with Crippen LogP contribution in [0.5, 0.6) is 0 Å². The molecule has 0 heterocycles. The first-order chi connectivity index (χ1) is 6.25. The molecule has 14 heavy (non-hydrogen) atoms. The molecule has 0 N–H and O–H groups in total. The molecule has 0 atom stereocenters. The summed E-state index contributed by atoms with van der Waals surface area (Å²) in [5.74, 6) is -2.52. The van der Waals surface area contributed by atoms with Gasteiger partial charge in [-0.2, -0.15) is 0 Å². The second-order valence-electron chi connectivity index (χ2n) is 2.24. The highest BCUT2D eigenvalue weighted by Gasteiger charge is 2.25. The van der Waals surface area contributed by atoms with Crippen LogP contribution in [0, 0.1) is 11.6 Å². The van der Waals surface area contributed by atoms with Crippen molar-refractivity contribution >= 4 is 42.9 Å². The van der Waals surface area contributed by atoms with E-state index in [2.05, 4.69) is 0 Å². The smallest absolute Gasteiger partial charge is 0.207 e. The van der Waals surface area contributed by atoms with E-state index >= 15 is 0 Å². The standard InChI is InChI=1S/C6HCl3F2O2S/c7-2-1-3(10)4(8)6(5(2)11)14(9,12)13/h1H. The number of halogens is 5. The fraction of sp³-hybridized carbons (Fsp3) is 0. The SMILES string of the molecule is O=S(=O)(Cl)c1c(F)c(Cl)cc(F)c1Cl. The first-order valence-electron chi connectivity index (χ1n) is 3.03. The third-order valence-corrected chi connectivity index (χ3v) is 3.41. The Morgan fingerprint density at radius 1 is 1.21 bits per heavy atom. The third kappa shape index (κ3) is 2.11. The fourth-order valence-electron chi connectivity index (χ4n) is 0.765. The molecule has 0 unspecified atom stereocenters. The van der Waals surface area contributed by atoms with E-state index < -0.39 is 35.6 Å². The van der Waals surface area contributed by atoms with Gasteiger partial charge in [0, 0.05) is 10.7 Å². The highest BCUT2D eigenvalue weighted by Crippen LogP contribution is 2.33. The average molecular weight is 281 g/mol. The molecule has 0 aliphatic carbocycles. The maximum Gasteiger partial charge on any atom is 0.265 e. The summed E-state index contributed by atoms with van der Waals surface area (Å²) in [5.41, 5.74) is 0. The van der Waals surface area contributed by atoms with Crippen LogP contribution in [-0.4, -0.2) is 8.42 Å². The Labute approximate surface area is 92.8 Å². The van der Waals surface area contributed by atoms with Gasteiger partial charge in [-0.15, -0.1) is 0 Å². The third-order valence-electron chi connectivity index (χ3n) is 1.32. The van der Waals surface area contributed by atoms with Gasteiger partial charge in [-0.05, 0) is 6.07 Å². The molecule has 1 rings (SSSR count). The highest BCUT2D eigenvalue weighted by molar-refractivity contribution is 8.13. The van der Waals surface area contributed by atoms with Gasteiger partial charge in [-0.3, -0.25) is 0 Å². The van der Waals surface area contributed by atoms with Crippen LogP contribution < -0.4 is 0 Å². The highest BCUT2D eigenvalue weighted by atomic mass is 35.7. The van der Waals surface area contributed by atoms with E-state index in [-0.39, 0.29) is 0 Å². The molecule has 0 aliphatic rings. The number of benzene rings is 1. The molecule has 0 radical (unpaired) electrons. The molecular weight excluding hydrogens is 280 g/mol. The van der Waals surface area contributed by atoms with Gasteiger partial charge >= 0.3 is 0 Å². The van der Waals surface area contributed by atoms with E-state index in [4.69, 9.17) is 33.9 Å². The van der Waals surface area contributed by atoms with Gasteiger partial charge in [0.05, 0.1) is 10.0 Å². The Balaban J connectivity index is 3.74. The van der Waals surface area contributed by atoms with Crippen LogP contribution in [0.15, 0.2) is 11.0 Å². The summed E-state index contributed by atoms with van der Waals surface area (Å²) in [7, 11) is 0.367. The molecule has 0 aromatic heterocycles. The molecule has 0 saturated carbocycles. The molecule has 0 spiro atoms. The minimum Gasteiger partial charge on any atom is -0.207 e. The summed E-state index contributed by atoms with van der Waals surface area (Å²) < 4.78 is 47.5. The van der Waals surface area contributed by atoms with Gasteiger partial charge in [-0.1, -0.05) is 23.2 Å². The van der Waals surface area contributed by atoms with Crippen molar-refractivity contribution in [2.24, 2.45) is 0 Å².